The molecule has 0 bridgehead atoms. The van der Waals surface area contributed by atoms with Gasteiger partial charge in [0.05, 0.1) is 0 Å². The smallest absolute Gasteiger partial charge is 0.0423 e. The van der Waals surface area contributed by atoms with Crippen LogP contribution in [-0.2, 0) is 6.42 Å². The van der Waals surface area contributed by atoms with Gasteiger partial charge in [-0.05, 0) is 68.4 Å². The number of hydrogen-bond acceptors (Lipinski definition) is 2. The van der Waals surface area contributed by atoms with E-state index in [9.17, 15) is 0 Å². The van der Waals surface area contributed by atoms with Gasteiger partial charge in [-0.1, -0.05) is 48.4 Å². The molecule has 0 heterocycles. The van der Waals surface area contributed by atoms with Crippen LogP contribution >= 0.6 is 0 Å². The Morgan fingerprint density at radius 2 is 1.68 bits per heavy atom. The van der Waals surface area contributed by atoms with Crippen LogP contribution in [0.15, 0.2) is 42.0 Å². The fourth-order valence-corrected chi connectivity index (χ4v) is 3.31. The standard InChI is InChI=1S/C12H19N.C11H13N/c1-6-11-8-9(2)7-10(3)12(11)13(4)5;12-11-6-4-10(5-7-11)8-9-2-1-3-9/h7-8H,6H2,1-5H3;4-8H,1-3,12H2. The van der Waals surface area contributed by atoms with E-state index >= 15 is 0 Å². The normalized spacial score (nSPS) is 12.8. The van der Waals surface area contributed by atoms with Gasteiger partial charge in [-0.15, -0.1) is 0 Å². The lowest BCUT2D eigenvalue weighted by molar-refractivity contribution is 0.670. The number of nitrogens with zero attached hydrogens (tertiary/aromatic N) is 1. The van der Waals surface area contributed by atoms with Crippen molar-refractivity contribution in [2.24, 2.45) is 0 Å². The molecule has 134 valence electrons. The molecule has 2 heteroatoms. The Balaban J connectivity index is 0.000000181. The first kappa shape index (κ1) is 19.1. The molecule has 1 saturated carbocycles. The first-order valence-corrected chi connectivity index (χ1v) is 9.23. The number of hydrogen-bond donors (Lipinski definition) is 1. The van der Waals surface area contributed by atoms with E-state index in [1.165, 1.54) is 47.2 Å². The maximum absolute atomic E-state index is 5.58. The lowest BCUT2D eigenvalue weighted by Crippen LogP contribution is -2.13. The zero-order chi connectivity index (χ0) is 18.4. The Bertz CT molecular complexity index is 719. The van der Waals surface area contributed by atoms with Crippen LogP contribution in [0.5, 0.6) is 0 Å². The summed E-state index contributed by atoms with van der Waals surface area (Å²) in [4.78, 5) is 2.20. The van der Waals surface area contributed by atoms with Crippen molar-refractivity contribution < 1.29 is 0 Å². The van der Waals surface area contributed by atoms with E-state index in [1.54, 1.807) is 5.57 Å². The van der Waals surface area contributed by atoms with E-state index in [1.807, 2.05) is 12.1 Å². The predicted octanol–water partition coefficient (Wildman–Crippen LogP) is 5.77. The Kier molecular flexibility index (Phi) is 6.69. The van der Waals surface area contributed by atoms with Gasteiger partial charge in [-0.2, -0.15) is 0 Å². The zero-order valence-corrected chi connectivity index (χ0v) is 16.4. The molecule has 1 fully saturated rings. The molecule has 25 heavy (non-hydrogen) atoms. The topological polar surface area (TPSA) is 29.3 Å². The largest absolute Gasteiger partial charge is 0.399 e. The van der Waals surface area contributed by atoms with Crippen LogP contribution in [0.2, 0.25) is 0 Å². The van der Waals surface area contributed by atoms with Crippen molar-refractivity contribution in [3.63, 3.8) is 0 Å². The second kappa shape index (κ2) is 8.75. The maximum atomic E-state index is 5.58. The maximum Gasteiger partial charge on any atom is 0.0423 e. The third-order valence-corrected chi connectivity index (χ3v) is 4.65. The molecule has 0 atom stereocenters. The highest BCUT2D eigenvalue weighted by Crippen LogP contribution is 2.27. The van der Waals surface area contributed by atoms with Gasteiger partial charge in [0.1, 0.15) is 0 Å². The van der Waals surface area contributed by atoms with Gasteiger partial charge in [0.15, 0.2) is 0 Å². The summed E-state index contributed by atoms with van der Waals surface area (Å²) in [7, 11) is 4.22. The summed E-state index contributed by atoms with van der Waals surface area (Å²) in [5.74, 6) is 0. The van der Waals surface area contributed by atoms with E-state index < -0.39 is 0 Å². The summed E-state index contributed by atoms with van der Waals surface area (Å²) >= 11 is 0. The molecule has 1 aliphatic carbocycles. The molecule has 0 aliphatic heterocycles. The fourth-order valence-electron chi connectivity index (χ4n) is 3.31. The van der Waals surface area contributed by atoms with Gasteiger partial charge in [-0.3, -0.25) is 0 Å². The van der Waals surface area contributed by atoms with E-state index in [0.29, 0.717) is 0 Å². The minimum absolute atomic E-state index is 0.839. The SMILES string of the molecule is CCc1cc(C)cc(C)c1N(C)C.Nc1ccc(C=C2CCC2)cc1. The summed E-state index contributed by atoms with van der Waals surface area (Å²) in [6.07, 6.45) is 7.30. The van der Waals surface area contributed by atoms with Crippen LogP contribution in [0.4, 0.5) is 11.4 Å². The van der Waals surface area contributed by atoms with Crippen LogP contribution < -0.4 is 10.6 Å². The minimum atomic E-state index is 0.839. The summed E-state index contributed by atoms with van der Waals surface area (Å²) in [5.41, 5.74) is 14.8. The molecule has 2 nitrogen and oxygen atoms in total. The molecule has 2 aromatic carbocycles. The van der Waals surface area contributed by atoms with Gasteiger partial charge in [0.25, 0.3) is 0 Å². The molecule has 0 saturated heterocycles. The van der Waals surface area contributed by atoms with E-state index in [0.717, 1.165) is 12.1 Å². The Morgan fingerprint density at radius 3 is 2.16 bits per heavy atom. The molecular weight excluding hydrogens is 304 g/mol. The molecule has 3 rings (SSSR count). The van der Waals surface area contributed by atoms with Crippen LogP contribution in [0.3, 0.4) is 0 Å². The van der Waals surface area contributed by atoms with E-state index in [-0.39, 0.29) is 0 Å². The number of allylic oxidation sites excluding steroid dienone is 1. The molecule has 0 unspecified atom stereocenters. The fraction of sp³-hybridized carbons (Fsp3) is 0.391. The third kappa shape index (κ3) is 5.38. The van der Waals surface area contributed by atoms with Crippen molar-refractivity contribution in [1.29, 1.82) is 0 Å². The Morgan fingerprint density at radius 1 is 1.04 bits per heavy atom. The van der Waals surface area contributed by atoms with E-state index in [4.69, 9.17) is 5.73 Å². The Labute approximate surface area is 153 Å². The predicted molar refractivity (Wildman–Crippen MR) is 112 cm³/mol. The van der Waals surface area contributed by atoms with Crippen molar-refractivity contribution in [3.05, 3.63) is 64.2 Å². The number of aryl methyl sites for hydroxylation is 3. The zero-order valence-electron chi connectivity index (χ0n) is 16.4. The van der Waals surface area contributed by atoms with Crippen LogP contribution in [0.25, 0.3) is 6.08 Å². The van der Waals surface area contributed by atoms with E-state index in [2.05, 4.69) is 70.1 Å². The Hall–Kier alpha value is -2.22. The summed E-state index contributed by atoms with van der Waals surface area (Å²) in [6, 6.07) is 12.6. The number of rotatable bonds is 3. The van der Waals surface area contributed by atoms with Crippen molar-refractivity contribution in [2.75, 3.05) is 24.7 Å². The lowest BCUT2D eigenvalue weighted by Gasteiger charge is -2.20. The molecule has 2 N–H and O–H groups in total. The molecular formula is C23H32N2. The summed E-state index contributed by atoms with van der Waals surface area (Å²) in [6.45, 7) is 6.55. The van der Waals surface area contributed by atoms with Crippen molar-refractivity contribution in [2.45, 2.75) is 46.5 Å². The summed E-state index contributed by atoms with van der Waals surface area (Å²) in [5, 5.41) is 0. The number of benzene rings is 2. The van der Waals surface area contributed by atoms with Crippen molar-refractivity contribution in [3.8, 4) is 0 Å². The summed E-state index contributed by atoms with van der Waals surface area (Å²) < 4.78 is 0. The highest BCUT2D eigenvalue weighted by Gasteiger charge is 2.07. The highest BCUT2D eigenvalue weighted by molar-refractivity contribution is 5.60. The molecule has 0 amide bonds. The van der Waals surface area contributed by atoms with Gasteiger partial charge < -0.3 is 10.6 Å². The van der Waals surface area contributed by atoms with Crippen LogP contribution in [-0.4, -0.2) is 14.1 Å². The monoisotopic (exact) mass is 336 g/mol. The van der Waals surface area contributed by atoms with Crippen molar-refractivity contribution >= 4 is 17.5 Å². The van der Waals surface area contributed by atoms with Gasteiger partial charge in [0, 0.05) is 25.5 Å². The third-order valence-electron chi connectivity index (χ3n) is 4.65. The molecule has 0 aromatic heterocycles. The molecule has 2 aromatic rings. The average Bonchev–Trinajstić information content (AvgIpc) is 2.52. The van der Waals surface area contributed by atoms with Crippen molar-refractivity contribution in [1.82, 2.24) is 0 Å². The minimum Gasteiger partial charge on any atom is -0.399 e. The number of nitrogen functional groups attached to an aromatic ring is 1. The molecule has 0 radical (unpaired) electrons. The second-order valence-electron chi connectivity index (χ2n) is 7.16. The molecule has 0 spiro atoms. The van der Waals surface area contributed by atoms with Gasteiger partial charge in [0.2, 0.25) is 0 Å². The average molecular weight is 337 g/mol. The highest BCUT2D eigenvalue weighted by atomic mass is 15.1. The number of nitrogens with two attached hydrogens (primary N) is 1. The lowest BCUT2D eigenvalue weighted by atomic mass is 9.91. The first-order chi connectivity index (χ1) is 11.9. The first-order valence-electron chi connectivity index (χ1n) is 9.23. The number of anilines is 2. The van der Waals surface area contributed by atoms with Gasteiger partial charge >= 0.3 is 0 Å². The van der Waals surface area contributed by atoms with Crippen LogP contribution in [0.1, 0.15) is 48.4 Å². The molecule has 1 aliphatic rings. The van der Waals surface area contributed by atoms with Gasteiger partial charge in [-0.25, -0.2) is 0 Å². The second-order valence-corrected chi connectivity index (χ2v) is 7.16. The quantitative estimate of drug-likeness (QED) is 0.721. The van der Waals surface area contributed by atoms with Crippen LogP contribution in [0, 0.1) is 13.8 Å².